The summed E-state index contributed by atoms with van der Waals surface area (Å²) in [6.07, 6.45) is 2.01. The van der Waals surface area contributed by atoms with E-state index in [1.54, 1.807) is 38.1 Å². The van der Waals surface area contributed by atoms with E-state index in [-0.39, 0.29) is 40.0 Å². The molecule has 0 fully saturated rings. The highest BCUT2D eigenvalue weighted by Crippen LogP contribution is 2.34. The summed E-state index contributed by atoms with van der Waals surface area (Å²) in [5.41, 5.74) is 0.876. The van der Waals surface area contributed by atoms with Crippen LogP contribution >= 0.6 is 39.1 Å². The first-order chi connectivity index (χ1) is 16.1. The number of esters is 1. The van der Waals surface area contributed by atoms with Gasteiger partial charge in [0.1, 0.15) is 5.82 Å². The van der Waals surface area contributed by atoms with E-state index in [4.69, 9.17) is 32.7 Å². The maximum atomic E-state index is 13.2. The molecule has 0 saturated heterocycles. The molecule has 0 bridgehead atoms. The summed E-state index contributed by atoms with van der Waals surface area (Å²) < 4.78 is 12.6. The van der Waals surface area contributed by atoms with Crippen molar-refractivity contribution >= 4 is 62.2 Å². The molecule has 180 valence electrons. The molecule has 1 aromatic heterocycles. The number of nitrogens with zero attached hydrogens (tertiary/aromatic N) is 3. The van der Waals surface area contributed by atoms with Gasteiger partial charge in [0.25, 0.3) is 5.56 Å². The van der Waals surface area contributed by atoms with Crippen molar-refractivity contribution < 1.29 is 14.3 Å². The summed E-state index contributed by atoms with van der Waals surface area (Å²) in [6.45, 7) is 7.17. The van der Waals surface area contributed by atoms with Gasteiger partial charge in [-0.05, 0) is 56.2 Å². The topological polar surface area (TPSA) is 82.8 Å². The molecule has 34 heavy (non-hydrogen) atoms. The molecule has 1 atom stereocenters. The number of hydrogen-bond donors (Lipinski definition) is 0. The lowest BCUT2D eigenvalue weighted by atomic mass is 10.1. The molecule has 0 radical (unpaired) electrons. The maximum absolute atomic E-state index is 13.2. The second kappa shape index (κ2) is 11.3. The van der Waals surface area contributed by atoms with E-state index in [1.165, 1.54) is 10.9 Å². The zero-order chi connectivity index (χ0) is 25.0. The van der Waals surface area contributed by atoms with Gasteiger partial charge in [0.2, 0.25) is 0 Å². The van der Waals surface area contributed by atoms with E-state index in [0.717, 1.165) is 10.9 Å². The Kier molecular flexibility index (Phi) is 8.73. The van der Waals surface area contributed by atoms with Gasteiger partial charge in [-0.25, -0.2) is 9.78 Å². The van der Waals surface area contributed by atoms with Gasteiger partial charge in [-0.1, -0.05) is 53.0 Å². The summed E-state index contributed by atoms with van der Waals surface area (Å²) in [7, 11) is 0. The molecule has 7 nitrogen and oxygen atoms in total. The fourth-order valence-corrected chi connectivity index (χ4v) is 4.10. The van der Waals surface area contributed by atoms with E-state index in [2.05, 4.69) is 26.0 Å². The van der Waals surface area contributed by atoms with Crippen LogP contribution < -0.4 is 10.3 Å². The Hall–Kier alpha value is -2.42. The van der Waals surface area contributed by atoms with Gasteiger partial charge in [-0.2, -0.15) is 9.78 Å². The van der Waals surface area contributed by atoms with Crippen molar-refractivity contribution in [1.29, 1.82) is 0 Å². The summed E-state index contributed by atoms with van der Waals surface area (Å²) in [6, 6.07) is 8.54. The van der Waals surface area contributed by atoms with Gasteiger partial charge in [0.05, 0.1) is 33.3 Å². The van der Waals surface area contributed by atoms with Crippen LogP contribution in [0.3, 0.4) is 0 Å². The first-order valence-electron chi connectivity index (χ1n) is 10.7. The zero-order valence-corrected chi connectivity index (χ0v) is 22.2. The fraction of sp³-hybridized carbons (Fsp3) is 0.333. The van der Waals surface area contributed by atoms with Gasteiger partial charge < -0.3 is 9.47 Å². The number of benzene rings is 2. The molecule has 3 rings (SSSR count). The lowest BCUT2D eigenvalue weighted by molar-refractivity contribution is -0.149. The highest BCUT2D eigenvalue weighted by molar-refractivity contribution is 9.10. The van der Waals surface area contributed by atoms with Crippen molar-refractivity contribution in [3.63, 3.8) is 0 Å². The standard InChI is InChI=1S/C24H24BrCl2N3O4/c1-5-14(4)23-29-20-7-6-16(25)10-17(20)24(32)30(23)28-11-15-8-18(26)22(19(27)9-15)33-12-21(31)34-13(2)3/h6-11,13-14H,5,12H2,1-4H3/t14-/m0/s1. The van der Waals surface area contributed by atoms with Crippen LogP contribution in [0.5, 0.6) is 5.75 Å². The van der Waals surface area contributed by atoms with Crippen LogP contribution in [-0.4, -0.2) is 34.6 Å². The van der Waals surface area contributed by atoms with Gasteiger partial charge in [0.15, 0.2) is 12.4 Å². The first-order valence-corrected chi connectivity index (χ1v) is 12.2. The Morgan fingerprint density at radius 1 is 1.21 bits per heavy atom. The Morgan fingerprint density at radius 2 is 1.88 bits per heavy atom. The second-order valence-corrected chi connectivity index (χ2v) is 9.67. The van der Waals surface area contributed by atoms with E-state index >= 15 is 0 Å². The minimum atomic E-state index is -0.528. The minimum Gasteiger partial charge on any atom is -0.479 e. The van der Waals surface area contributed by atoms with Crippen LogP contribution in [0.15, 0.2) is 44.7 Å². The van der Waals surface area contributed by atoms with Crippen LogP contribution in [-0.2, 0) is 9.53 Å². The van der Waals surface area contributed by atoms with Crippen LogP contribution in [0.25, 0.3) is 10.9 Å². The van der Waals surface area contributed by atoms with Crippen molar-refractivity contribution in [3.05, 3.63) is 66.6 Å². The van der Waals surface area contributed by atoms with E-state index in [0.29, 0.717) is 22.3 Å². The van der Waals surface area contributed by atoms with Crippen LogP contribution in [0.1, 0.15) is 51.4 Å². The van der Waals surface area contributed by atoms with Gasteiger partial charge >= 0.3 is 5.97 Å². The zero-order valence-electron chi connectivity index (χ0n) is 19.1. The largest absolute Gasteiger partial charge is 0.479 e. The lowest BCUT2D eigenvalue weighted by Crippen LogP contribution is -2.23. The van der Waals surface area contributed by atoms with Crippen molar-refractivity contribution in [2.45, 2.75) is 46.1 Å². The van der Waals surface area contributed by atoms with Gasteiger partial charge in [0, 0.05) is 10.4 Å². The van der Waals surface area contributed by atoms with Crippen molar-refractivity contribution in [2.24, 2.45) is 5.10 Å². The Morgan fingerprint density at radius 3 is 2.50 bits per heavy atom. The van der Waals surface area contributed by atoms with Crippen molar-refractivity contribution in [1.82, 2.24) is 9.66 Å². The molecule has 0 amide bonds. The number of ether oxygens (including phenoxy) is 2. The molecule has 10 heteroatoms. The maximum Gasteiger partial charge on any atom is 0.344 e. The normalized spacial score (nSPS) is 12.5. The molecule has 3 aromatic rings. The number of aromatic nitrogens is 2. The molecule has 0 aliphatic carbocycles. The molecular weight excluding hydrogens is 545 g/mol. The third kappa shape index (κ3) is 6.17. The fourth-order valence-electron chi connectivity index (χ4n) is 3.12. The van der Waals surface area contributed by atoms with E-state index in [1.807, 2.05) is 19.9 Å². The number of halogens is 3. The third-order valence-corrected chi connectivity index (χ3v) is 5.99. The molecule has 0 saturated carbocycles. The van der Waals surface area contributed by atoms with Crippen LogP contribution in [0.2, 0.25) is 10.0 Å². The van der Waals surface area contributed by atoms with Crippen LogP contribution in [0, 0.1) is 0 Å². The van der Waals surface area contributed by atoms with Crippen molar-refractivity contribution in [3.8, 4) is 5.75 Å². The van der Waals surface area contributed by atoms with E-state index < -0.39 is 5.97 Å². The molecule has 2 aromatic carbocycles. The van der Waals surface area contributed by atoms with Crippen LogP contribution in [0.4, 0.5) is 0 Å². The van der Waals surface area contributed by atoms with E-state index in [9.17, 15) is 9.59 Å². The number of carbonyl (C=O) groups is 1. The smallest absolute Gasteiger partial charge is 0.344 e. The third-order valence-electron chi connectivity index (χ3n) is 4.93. The summed E-state index contributed by atoms with van der Waals surface area (Å²) in [4.78, 5) is 29.6. The molecule has 0 N–H and O–H groups in total. The number of carbonyl (C=O) groups excluding carboxylic acids is 1. The number of hydrogen-bond acceptors (Lipinski definition) is 6. The van der Waals surface area contributed by atoms with Gasteiger partial charge in [-0.15, -0.1) is 0 Å². The molecular formula is C24H24BrCl2N3O4. The molecule has 0 unspecified atom stereocenters. The predicted molar refractivity (Wildman–Crippen MR) is 139 cm³/mol. The molecule has 0 aliphatic rings. The summed E-state index contributed by atoms with van der Waals surface area (Å²) in [5, 5.41) is 5.25. The monoisotopic (exact) mass is 567 g/mol. The molecule has 0 aliphatic heterocycles. The second-order valence-electron chi connectivity index (χ2n) is 7.94. The SMILES string of the molecule is CC[C@H](C)c1nc2ccc(Br)cc2c(=O)n1N=Cc1cc(Cl)c(OCC(=O)OC(C)C)c(Cl)c1. The highest BCUT2D eigenvalue weighted by atomic mass is 79.9. The number of fused-ring (bicyclic) bond motifs is 1. The summed E-state index contributed by atoms with van der Waals surface area (Å²) in [5.74, 6) is 0.196. The lowest BCUT2D eigenvalue weighted by Gasteiger charge is -2.14. The average Bonchev–Trinajstić information content (AvgIpc) is 2.77. The van der Waals surface area contributed by atoms with Crippen molar-refractivity contribution in [2.75, 3.05) is 6.61 Å². The Bertz CT molecular complexity index is 1280. The Balaban J connectivity index is 1.96. The Labute approximate surface area is 215 Å². The first kappa shape index (κ1) is 26.2. The summed E-state index contributed by atoms with van der Waals surface area (Å²) >= 11 is 16.1. The quantitative estimate of drug-likeness (QED) is 0.239. The highest BCUT2D eigenvalue weighted by Gasteiger charge is 2.16. The van der Waals surface area contributed by atoms with Gasteiger partial charge in [-0.3, -0.25) is 4.79 Å². The molecule has 0 spiro atoms. The number of rotatable bonds is 8. The minimum absolute atomic E-state index is 0.00597. The average molecular weight is 569 g/mol. The molecule has 1 heterocycles. The predicted octanol–water partition coefficient (Wildman–Crippen LogP) is 6.19.